The summed E-state index contributed by atoms with van der Waals surface area (Å²) in [5, 5.41) is 13.7. The van der Waals surface area contributed by atoms with Crippen molar-refractivity contribution in [1.29, 1.82) is 0 Å². The summed E-state index contributed by atoms with van der Waals surface area (Å²) in [6.07, 6.45) is 5.20. The molecular weight excluding hydrogens is 272 g/mol. The molecule has 2 atom stereocenters. The lowest BCUT2D eigenvalue weighted by Crippen LogP contribution is -2.41. The van der Waals surface area contributed by atoms with Crippen molar-refractivity contribution in [2.45, 2.75) is 32.6 Å². The van der Waals surface area contributed by atoms with Gasteiger partial charge in [-0.25, -0.2) is 0 Å². The van der Waals surface area contributed by atoms with Crippen molar-refractivity contribution in [3.63, 3.8) is 0 Å². The van der Waals surface area contributed by atoms with Crippen LogP contribution in [0.4, 0.5) is 0 Å². The number of hydrogen-bond donors (Lipinski definition) is 4. The SMILES string of the molecule is CCNCCCNCC1CCC1CNCCCNCCl. The Kier molecular flexibility index (Phi) is 11.7. The molecule has 0 aromatic rings. The van der Waals surface area contributed by atoms with Crippen LogP contribution in [-0.4, -0.2) is 51.8 Å². The summed E-state index contributed by atoms with van der Waals surface area (Å²) in [7, 11) is 0. The van der Waals surface area contributed by atoms with Gasteiger partial charge in [0.25, 0.3) is 0 Å². The van der Waals surface area contributed by atoms with Gasteiger partial charge in [0.2, 0.25) is 0 Å². The molecule has 1 fully saturated rings. The molecule has 0 saturated heterocycles. The molecule has 1 saturated carbocycles. The summed E-state index contributed by atoms with van der Waals surface area (Å²) in [5.41, 5.74) is 0. The van der Waals surface area contributed by atoms with Gasteiger partial charge in [0, 0.05) is 0 Å². The quantitative estimate of drug-likeness (QED) is 0.222. The fourth-order valence-electron chi connectivity index (χ4n) is 2.67. The van der Waals surface area contributed by atoms with Gasteiger partial charge in [0.1, 0.15) is 0 Å². The maximum absolute atomic E-state index is 5.56. The predicted octanol–water partition coefficient (Wildman–Crippen LogP) is 1.37. The molecule has 0 amide bonds. The van der Waals surface area contributed by atoms with Crippen molar-refractivity contribution in [3.8, 4) is 0 Å². The van der Waals surface area contributed by atoms with Crippen LogP contribution in [0.5, 0.6) is 0 Å². The monoisotopic (exact) mass is 304 g/mol. The van der Waals surface area contributed by atoms with E-state index in [1.165, 1.54) is 32.4 Å². The molecule has 4 N–H and O–H groups in total. The Morgan fingerprint density at radius 1 is 0.800 bits per heavy atom. The van der Waals surface area contributed by atoms with Crippen LogP contribution >= 0.6 is 11.6 Å². The first-order chi connectivity index (χ1) is 9.88. The van der Waals surface area contributed by atoms with E-state index in [4.69, 9.17) is 11.6 Å². The second-order valence-electron chi connectivity index (χ2n) is 5.70. The molecule has 1 rings (SSSR count). The minimum absolute atomic E-state index is 0.560. The van der Waals surface area contributed by atoms with Crippen molar-refractivity contribution in [1.82, 2.24) is 21.3 Å². The van der Waals surface area contributed by atoms with E-state index >= 15 is 0 Å². The molecule has 5 heteroatoms. The molecular formula is C15H33ClN4. The van der Waals surface area contributed by atoms with Crippen LogP contribution in [0.2, 0.25) is 0 Å². The second kappa shape index (κ2) is 12.8. The van der Waals surface area contributed by atoms with E-state index in [0.29, 0.717) is 6.00 Å². The second-order valence-corrected chi connectivity index (χ2v) is 5.97. The Labute approximate surface area is 129 Å². The fraction of sp³-hybridized carbons (Fsp3) is 1.00. The van der Waals surface area contributed by atoms with Gasteiger partial charge in [-0.3, -0.25) is 0 Å². The van der Waals surface area contributed by atoms with Gasteiger partial charge in [0.15, 0.2) is 0 Å². The molecule has 0 aromatic heterocycles. The van der Waals surface area contributed by atoms with Gasteiger partial charge in [-0.1, -0.05) is 6.92 Å². The Bertz CT molecular complexity index is 194. The van der Waals surface area contributed by atoms with E-state index in [1.807, 2.05) is 0 Å². The molecule has 4 nitrogen and oxygen atoms in total. The van der Waals surface area contributed by atoms with E-state index < -0.39 is 0 Å². The first-order valence-corrected chi connectivity index (χ1v) is 8.80. The first kappa shape index (κ1) is 18.2. The summed E-state index contributed by atoms with van der Waals surface area (Å²) in [5.74, 6) is 1.78. The molecule has 0 heterocycles. The summed E-state index contributed by atoms with van der Waals surface area (Å²) >= 11 is 5.56. The summed E-state index contributed by atoms with van der Waals surface area (Å²) in [4.78, 5) is 0. The number of rotatable bonds is 14. The third-order valence-electron chi connectivity index (χ3n) is 4.15. The minimum Gasteiger partial charge on any atom is -0.317 e. The van der Waals surface area contributed by atoms with Gasteiger partial charge in [0.05, 0.1) is 6.00 Å². The highest BCUT2D eigenvalue weighted by Crippen LogP contribution is 2.32. The minimum atomic E-state index is 0.560. The zero-order valence-electron chi connectivity index (χ0n) is 13.0. The highest BCUT2D eigenvalue weighted by atomic mass is 35.5. The molecule has 20 heavy (non-hydrogen) atoms. The average molecular weight is 305 g/mol. The molecule has 0 spiro atoms. The van der Waals surface area contributed by atoms with Crippen LogP contribution in [-0.2, 0) is 0 Å². The van der Waals surface area contributed by atoms with Crippen LogP contribution < -0.4 is 21.3 Å². The average Bonchev–Trinajstić information content (AvgIpc) is 2.44. The molecule has 1 aliphatic carbocycles. The Balaban J connectivity index is 1.86. The molecule has 0 aromatic carbocycles. The largest absolute Gasteiger partial charge is 0.317 e. The topological polar surface area (TPSA) is 48.1 Å². The van der Waals surface area contributed by atoms with Gasteiger partial charge in [-0.15, -0.1) is 11.6 Å². The molecule has 1 aliphatic rings. The lowest BCUT2D eigenvalue weighted by atomic mass is 9.73. The lowest BCUT2D eigenvalue weighted by molar-refractivity contribution is 0.167. The Morgan fingerprint density at radius 2 is 1.30 bits per heavy atom. The van der Waals surface area contributed by atoms with E-state index in [9.17, 15) is 0 Å². The molecule has 0 aliphatic heterocycles. The molecule has 0 radical (unpaired) electrons. The van der Waals surface area contributed by atoms with Crippen LogP contribution in [0.1, 0.15) is 32.6 Å². The zero-order chi connectivity index (χ0) is 14.5. The summed E-state index contributed by atoms with van der Waals surface area (Å²) in [6, 6.07) is 0.560. The van der Waals surface area contributed by atoms with E-state index in [-0.39, 0.29) is 0 Å². The van der Waals surface area contributed by atoms with Crippen molar-refractivity contribution in [2.75, 3.05) is 51.8 Å². The smallest absolute Gasteiger partial charge is 0.0713 e. The Morgan fingerprint density at radius 3 is 1.75 bits per heavy atom. The predicted molar refractivity (Wildman–Crippen MR) is 88.5 cm³/mol. The number of halogens is 1. The third kappa shape index (κ3) is 8.42. The van der Waals surface area contributed by atoms with Crippen LogP contribution in [0.3, 0.4) is 0 Å². The lowest BCUT2D eigenvalue weighted by Gasteiger charge is -2.37. The first-order valence-electron chi connectivity index (χ1n) is 8.27. The highest BCUT2D eigenvalue weighted by Gasteiger charge is 2.29. The highest BCUT2D eigenvalue weighted by molar-refractivity contribution is 6.17. The molecule has 2 unspecified atom stereocenters. The standard InChI is InChI=1S/C15H33ClN4/c1-2-17-7-3-8-18-11-14-5-6-15(14)12-19-9-4-10-20-13-16/h14-15,17-20H,2-13H2,1H3. The van der Waals surface area contributed by atoms with E-state index in [1.54, 1.807) is 0 Å². The van der Waals surface area contributed by atoms with E-state index in [0.717, 1.165) is 51.0 Å². The zero-order valence-corrected chi connectivity index (χ0v) is 13.8. The molecule has 0 bridgehead atoms. The summed E-state index contributed by atoms with van der Waals surface area (Å²) in [6.45, 7) is 10.0. The number of nitrogens with one attached hydrogen (secondary N) is 4. The fourth-order valence-corrected chi connectivity index (χ4v) is 2.80. The van der Waals surface area contributed by atoms with E-state index in [2.05, 4.69) is 28.2 Å². The van der Waals surface area contributed by atoms with Gasteiger partial charge >= 0.3 is 0 Å². The maximum atomic E-state index is 5.56. The Hall–Kier alpha value is 0.130. The van der Waals surface area contributed by atoms with Gasteiger partial charge in [-0.05, 0) is 83.3 Å². The number of hydrogen-bond acceptors (Lipinski definition) is 4. The van der Waals surface area contributed by atoms with Gasteiger partial charge < -0.3 is 21.3 Å². The van der Waals surface area contributed by atoms with Crippen LogP contribution in [0.25, 0.3) is 0 Å². The van der Waals surface area contributed by atoms with Crippen LogP contribution in [0.15, 0.2) is 0 Å². The van der Waals surface area contributed by atoms with Crippen LogP contribution in [0, 0.1) is 11.8 Å². The third-order valence-corrected chi connectivity index (χ3v) is 4.34. The van der Waals surface area contributed by atoms with Crippen molar-refractivity contribution >= 4 is 11.6 Å². The van der Waals surface area contributed by atoms with Crippen molar-refractivity contribution in [3.05, 3.63) is 0 Å². The van der Waals surface area contributed by atoms with Crippen molar-refractivity contribution < 1.29 is 0 Å². The van der Waals surface area contributed by atoms with Crippen molar-refractivity contribution in [2.24, 2.45) is 11.8 Å². The normalized spacial score (nSPS) is 21.9. The van der Waals surface area contributed by atoms with Gasteiger partial charge in [-0.2, -0.15) is 0 Å². The maximum Gasteiger partial charge on any atom is 0.0713 e. The molecule has 120 valence electrons. The summed E-state index contributed by atoms with van der Waals surface area (Å²) < 4.78 is 0. The number of alkyl halides is 1.